The Kier molecular flexibility index (Phi) is 3.97. The molecule has 1 heterocycles. The highest BCUT2D eigenvalue weighted by Gasteiger charge is 2.12. The van der Waals surface area contributed by atoms with E-state index in [1.165, 1.54) is 4.90 Å². The zero-order valence-electron chi connectivity index (χ0n) is 10.6. The van der Waals surface area contributed by atoms with Crippen molar-refractivity contribution in [2.24, 2.45) is 0 Å². The summed E-state index contributed by atoms with van der Waals surface area (Å²) in [6, 6.07) is 12.3. The lowest BCUT2D eigenvalue weighted by molar-refractivity contribution is -0.120. The molecule has 0 aliphatic carbocycles. The quantitative estimate of drug-likeness (QED) is 0.846. The summed E-state index contributed by atoms with van der Waals surface area (Å²) in [6.45, 7) is -0.0447. The van der Waals surface area contributed by atoms with Crippen molar-refractivity contribution >= 4 is 17.4 Å². The van der Waals surface area contributed by atoms with Crippen molar-refractivity contribution in [2.45, 2.75) is 0 Å². The average molecular weight is 257 g/mol. The molecule has 5 heteroatoms. The Morgan fingerprint density at radius 2 is 2.00 bits per heavy atom. The molecule has 0 spiro atoms. The van der Waals surface area contributed by atoms with Gasteiger partial charge in [-0.15, -0.1) is 0 Å². The lowest BCUT2D eigenvalue weighted by Crippen LogP contribution is -2.31. The second-order valence-corrected chi connectivity index (χ2v) is 4.00. The summed E-state index contributed by atoms with van der Waals surface area (Å²) >= 11 is 0. The van der Waals surface area contributed by atoms with Gasteiger partial charge in [0, 0.05) is 18.9 Å². The number of benzene rings is 1. The van der Waals surface area contributed by atoms with E-state index in [2.05, 4.69) is 4.98 Å². The molecular weight excluding hydrogens is 242 g/mol. The second-order valence-electron chi connectivity index (χ2n) is 4.00. The first-order valence-electron chi connectivity index (χ1n) is 5.83. The Bertz CT molecular complexity index is 540. The van der Waals surface area contributed by atoms with Gasteiger partial charge >= 0.3 is 0 Å². The van der Waals surface area contributed by atoms with Crippen LogP contribution in [0.25, 0.3) is 0 Å². The fourth-order valence-corrected chi connectivity index (χ4v) is 1.49. The van der Waals surface area contributed by atoms with Crippen LogP contribution in [0.2, 0.25) is 0 Å². The van der Waals surface area contributed by atoms with Gasteiger partial charge in [-0.2, -0.15) is 0 Å². The average Bonchev–Trinajstić information content (AvgIpc) is 2.46. The third-order valence-electron chi connectivity index (χ3n) is 2.61. The molecule has 1 aromatic carbocycles. The molecule has 0 saturated heterocycles. The maximum atomic E-state index is 11.9. The first kappa shape index (κ1) is 12.9. The number of carbonyl (C=O) groups is 1. The number of rotatable bonds is 4. The zero-order valence-corrected chi connectivity index (χ0v) is 10.6. The van der Waals surface area contributed by atoms with Gasteiger partial charge in [-0.05, 0) is 36.4 Å². The van der Waals surface area contributed by atoms with Crippen LogP contribution >= 0.6 is 0 Å². The van der Waals surface area contributed by atoms with Crippen LogP contribution in [0.5, 0.6) is 5.75 Å². The molecule has 0 radical (unpaired) electrons. The van der Waals surface area contributed by atoms with Crippen LogP contribution in [0.3, 0.4) is 0 Å². The maximum Gasteiger partial charge on any atom is 0.265 e. The van der Waals surface area contributed by atoms with Crippen LogP contribution in [0.15, 0.2) is 48.7 Å². The molecule has 0 bridgehead atoms. The lowest BCUT2D eigenvalue weighted by Gasteiger charge is -2.16. The Labute approximate surface area is 111 Å². The number of pyridine rings is 1. The van der Waals surface area contributed by atoms with E-state index < -0.39 is 0 Å². The summed E-state index contributed by atoms with van der Waals surface area (Å²) < 4.78 is 5.39. The molecule has 2 aromatic rings. The summed E-state index contributed by atoms with van der Waals surface area (Å²) in [5.74, 6) is 1.03. The minimum absolute atomic E-state index is 0.0447. The van der Waals surface area contributed by atoms with Crippen molar-refractivity contribution in [1.29, 1.82) is 0 Å². The molecule has 5 nitrogen and oxygen atoms in total. The molecule has 1 amide bonds. The van der Waals surface area contributed by atoms with Gasteiger partial charge in [-0.1, -0.05) is 6.07 Å². The number of ether oxygens (including phenoxy) is 1. The minimum atomic E-state index is -0.171. The standard InChI is InChI=1S/C14H15N3O2/c1-17(13-4-2-3-9-16-13)14(18)10-19-12-7-5-11(15)6-8-12/h2-9H,10,15H2,1H3. The smallest absolute Gasteiger partial charge is 0.265 e. The number of nitrogens with two attached hydrogens (primary N) is 1. The van der Waals surface area contributed by atoms with Gasteiger partial charge < -0.3 is 10.5 Å². The van der Waals surface area contributed by atoms with Crippen LogP contribution in [-0.2, 0) is 4.79 Å². The van der Waals surface area contributed by atoms with E-state index in [1.54, 1.807) is 49.6 Å². The number of hydrogen-bond donors (Lipinski definition) is 1. The van der Waals surface area contributed by atoms with Crippen LogP contribution in [0, 0.1) is 0 Å². The van der Waals surface area contributed by atoms with E-state index in [9.17, 15) is 4.79 Å². The number of nitrogen functional groups attached to an aromatic ring is 1. The third-order valence-corrected chi connectivity index (χ3v) is 2.61. The van der Waals surface area contributed by atoms with Gasteiger partial charge in [0.25, 0.3) is 5.91 Å². The van der Waals surface area contributed by atoms with Crippen LogP contribution in [0.4, 0.5) is 11.5 Å². The molecular formula is C14H15N3O2. The predicted molar refractivity (Wildman–Crippen MR) is 74.0 cm³/mol. The zero-order chi connectivity index (χ0) is 13.7. The molecule has 2 N–H and O–H groups in total. The number of carbonyl (C=O) groups excluding carboxylic acids is 1. The maximum absolute atomic E-state index is 11.9. The van der Waals surface area contributed by atoms with E-state index in [0.29, 0.717) is 17.3 Å². The van der Waals surface area contributed by atoms with E-state index in [1.807, 2.05) is 6.07 Å². The SMILES string of the molecule is CN(C(=O)COc1ccc(N)cc1)c1ccccn1. The van der Waals surface area contributed by atoms with Gasteiger partial charge in [0.2, 0.25) is 0 Å². The van der Waals surface area contributed by atoms with Crippen LogP contribution < -0.4 is 15.4 Å². The minimum Gasteiger partial charge on any atom is -0.484 e. The normalized spacial score (nSPS) is 9.95. The summed E-state index contributed by atoms with van der Waals surface area (Å²) in [7, 11) is 1.66. The Morgan fingerprint density at radius 1 is 1.26 bits per heavy atom. The number of nitrogens with zero attached hydrogens (tertiary/aromatic N) is 2. The van der Waals surface area contributed by atoms with Crippen molar-refractivity contribution in [3.63, 3.8) is 0 Å². The molecule has 0 aliphatic rings. The first-order valence-corrected chi connectivity index (χ1v) is 5.83. The van der Waals surface area contributed by atoms with Crippen molar-refractivity contribution in [3.8, 4) is 5.75 Å². The topological polar surface area (TPSA) is 68.5 Å². The number of aromatic nitrogens is 1. The fraction of sp³-hybridized carbons (Fsp3) is 0.143. The van der Waals surface area contributed by atoms with E-state index in [-0.39, 0.29) is 12.5 Å². The lowest BCUT2D eigenvalue weighted by atomic mass is 10.3. The largest absolute Gasteiger partial charge is 0.484 e. The van der Waals surface area contributed by atoms with Crippen LogP contribution in [0.1, 0.15) is 0 Å². The molecule has 0 aliphatic heterocycles. The molecule has 98 valence electrons. The highest BCUT2D eigenvalue weighted by Crippen LogP contribution is 2.13. The Morgan fingerprint density at radius 3 is 2.63 bits per heavy atom. The van der Waals surface area contributed by atoms with Gasteiger partial charge in [-0.3, -0.25) is 9.69 Å². The van der Waals surface area contributed by atoms with E-state index in [4.69, 9.17) is 10.5 Å². The number of hydrogen-bond acceptors (Lipinski definition) is 4. The second kappa shape index (κ2) is 5.86. The summed E-state index contributed by atoms with van der Waals surface area (Å²) in [5.41, 5.74) is 6.22. The monoisotopic (exact) mass is 257 g/mol. The highest BCUT2D eigenvalue weighted by molar-refractivity contribution is 5.92. The molecule has 1 aromatic heterocycles. The van der Waals surface area contributed by atoms with Gasteiger partial charge in [0.15, 0.2) is 6.61 Å². The van der Waals surface area contributed by atoms with Crippen molar-refractivity contribution < 1.29 is 9.53 Å². The first-order chi connectivity index (χ1) is 9.16. The predicted octanol–water partition coefficient (Wildman–Crippen LogP) is 1.71. The highest BCUT2D eigenvalue weighted by atomic mass is 16.5. The molecule has 19 heavy (non-hydrogen) atoms. The molecule has 2 rings (SSSR count). The van der Waals surface area contributed by atoms with Crippen molar-refractivity contribution in [1.82, 2.24) is 4.98 Å². The number of anilines is 2. The van der Waals surface area contributed by atoms with Crippen molar-refractivity contribution in [2.75, 3.05) is 24.3 Å². The van der Waals surface area contributed by atoms with Crippen molar-refractivity contribution in [3.05, 3.63) is 48.7 Å². The summed E-state index contributed by atoms with van der Waals surface area (Å²) in [6.07, 6.45) is 1.64. The molecule has 0 unspecified atom stereocenters. The molecule has 0 fully saturated rings. The number of likely N-dealkylation sites (N-methyl/N-ethyl adjacent to an activating group) is 1. The molecule has 0 saturated carbocycles. The van der Waals surface area contributed by atoms with Crippen LogP contribution in [-0.4, -0.2) is 24.5 Å². The Hall–Kier alpha value is -2.56. The van der Waals surface area contributed by atoms with Gasteiger partial charge in [0.05, 0.1) is 0 Å². The van der Waals surface area contributed by atoms with E-state index in [0.717, 1.165) is 0 Å². The van der Waals surface area contributed by atoms with Gasteiger partial charge in [-0.25, -0.2) is 4.98 Å². The van der Waals surface area contributed by atoms with E-state index >= 15 is 0 Å². The molecule has 0 atom stereocenters. The summed E-state index contributed by atoms with van der Waals surface area (Å²) in [5, 5.41) is 0. The fourth-order valence-electron chi connectivity index (χ4n) is 1.49. The third kappa shape index (κ3) is 3.45. The summed E-state index contributed by atoms with van der Waals surface area (Å²) in [4.78, 5) is 17.5. The van der Waals surface area contributed by atoms with Gasteiger partial charge in [0.1, 0.15) is 11.6 Å². The number of amides is 1. The Balaban J connectivity index is 1.93.